The van der Waals surface area contributed by atoms with Crippen LogP contribution in [0.4, 0.5) is 24.9 Å². The first-order chi connectivity index (χ1) is 16.2. The van der Waals surface area contributed by atoms with Crippen molar-refractivity contribution in [3.05, 3.63) is 47.7 Å². The van der Waals surface area contributed by atoms with Gasteiger partial charge in [0.1, 0.15) is 11.6 Å². The molecule has 0 bridgehead atoms. The average Bonchev–Trinajstić information content (AvgIpc) is 2.78. The van der Waals surface area contributed by atoms with Crippen molar-refractivity contribution in [3.8, 4) is 0 Å². The van der Waals surface area contributed by atoms with Crippen LogP contribution in [0.2, 0.25) is 0 Å². The Morgan fingerprint density at radius 1 is 1.09 bits per heavy atom. The van der Waals surface area contributed by atoms with E-state index in [1.54, 1.807) is 12.2 Å². The molecule has 4 rings (SSSR count). The minimum absolute atomic E-state index is 0.0460. The molecule has 1 aromatic carbocycles. The Morgan fingerprint density at radius 3 is 2.50 bits per heavy atom. The summed E-state index contributed by atoms with van der Waals surface area (Å²) in [5.74, 6) is 1.38. The third kappa shape index (κ3) is 6.18. The molecule has 0 aliphatic heterocycles. The molecule has 1 heterocycles. The number of alkyl halides is 3. The zero-order valence-corrected chi connectivity index (χ0v) is 19.4. The molecule has 0 spiro atoms. The fraction of sp³-hybridized carbons (Fsp3) is 0.500. The van der Waals surface area contributed by atoms with Crippen LogP contribution in [0.5, 0.6) is 0 Å². The Balaban J connectivity index is 1.33. The summed E-state index contributed by atoms with van der Waals surface area (Å²) in [6.45, 7) is 0.317. The Kier molecular flexibility index (Phi) is 7.27. The number of rotatable bonds is 7. The number of halogens is 3. The summed E-state index contributed by atoms with van der Waals surface area (Å²) in [7, 11) is 3.93. The molecule has 1 unspecified atom stereocenters. The largest absolute Gasteiger partial charge is 0.572 e. The number of aromatic nitrogens is 2. The summed E-state index contributed by atoms with van der Waals surface area (Å²) >= 11 is 0. The highest BCUT2D eigenvalue weighted by molar-refractivity contribution is 5.90. The Morgan fingerprint density at radius 2 is 1.79 bits per heavy atom. The van der Waals surface area contributed by atoms with Crippen LogP contribution in [0.15, 0.2) is 47.7 Å². The van der Waals surface area contributed by atoms with Gasteiger partial charge in [-0.05, 0) is 37.8 Å². The van der Waals surface area contributed by atoms with Gasteiger partial charge in [-0.3, -0.25) is 0 Å². The second kappa shape index (κ2) is 10.2. The fourth-order valence-corrected chi connectivity index (χ4v) is 4.49. The van der Waals surface area contributed by atoms with E-state index < -0.39 is 12.4 Å². The third-order valence-electron chi connectivity index (χ3n) is 6.21. The number of nitrogens with zero attached hydrogens (tertiary/aromatic N) is 3. The number of hydrogen-bond donors (Lipinski definition) is 3. The molecule has 2 aromatic rings. The topological polar surface area (TPSA) is 88.3 Å². The molecule has 184 valence electrons. The van der Waals surface area contributed by atoms with E-state index in [0.717, 1.165) is 42.4 Å². The summed E-state index contributed by atoms with van der Waals surface area (Å²) in [4.78, 5) is 11.4. The van der Waals surface area contributed by atoms with Gasteiger partial charge in [0.05, 0.1) is 5.52 Å². The highest BCUT2D eigenvalue weighted by atomic mass is 19.4. The van der Waals surface area contributed by atoms with Crippen molar-refractivity contribution < 1.29 is 17.9 Å². The normalized spacial score (nSPS) is 23.3. The van der Waals surface area contributed by atoms with Crippen LogP contribution in [0, 0.1) is 0 Å². The molecule has 1 aromatic heterocycles. The van der Waals surface area contributed by atoms with Gasteiger partial charge < -0.3 is 26.0 Å². The summed E-state index contributed by atoms with van der Waals surface area (Å²) < 4.78 is 42.5. The number of ether oxygens (including phenoxy) is 1. The number of anilines is 2. The van der Waals surface area contributed by atoms with Gasteiger partial charge >= 0.3 is 6.36 Å². The van der Waals surface area contributed by atoms with Gasteiger partial charge in [0, 0.05) is 56.1 Å². The van der Waals surface area contributed by atoms with Gasteiger partial charge in [0.15, 0.2) is 0 Å². The van der Waals surface area contributed by atoms with Crippen LogP contribution in [-0.4, -0.2) is 55.1 Å². The molecule has 4 N–H and O–H groups in total. The first-order valence-electron chi connectivity index (χ1n) is 11.5. The van der Waals surface area contributed by atoms with Gasteiger partial charge in [-0.15, -0.1) is 13.2 Å². The molecule has 0 amide bonds. The van der Waals surface area contributed by atoms with Crippen molar-refractivity contribution >= 4 is 22.7 Å². The predicted octanol–water partition coefficient (Wildman–Crippen LogP) is 4.09. The second-order valence-corrected chi connectivity index (χ2v) is 9.08. The molecule has 0 saturated heterocycles. The molecule has 1 saturated carbocycles. The van der Waals surface area contributed by atoms with E-state index in [2.05, 4.69) is 20.4 Å². The highest BCUT2D eigenvalue weighted by Gasteiger charge is 2.34. The lowest BCUT2D eigenvalue weighted by Crippen LogP contribution is -2.38. The molecular weight excluding hydrogens is 445 g/mol. The van der Waals surface area contributed by atoms with Gasteiger partial charge in [-0.25, -0.2) is 4.98 Å². The number of benzene rings is 1. The lowest BCUT2D eigenvalue weighted by Gasteiger charge is -2.31. The maximum Gasteiger partial charge on any atom is 0.572 e. The molecule has 1 fully saturated rings. The van der Waals surface area contributed by atoms with Crippen molar-refractivity contribution in [1.29, 1.82) is 0 Å². The van der Waals surface area contributed by atoms with E-state index in [9.17, 15) is 13.2 Å². The van der Waals surface area contributed by atoms with Crippen LogP contribution < -0.4 is 21.3 Å². The zero-order valence-electron chi connectivity index (χ0n) is 19.4. The monoisotopic (exact) mass is 476 g/mol. The summed E-state index contributed by atoms with van der Waals surface area (Å²) in [5, 5.41) is 7.87. The quantitative estimate of drug-likeness (QED) is 0.555. The highest BCUT2D eigenvalue weighted by Crippen LogP contribution is 2.29. The van der Waals surface area contributed by atoms with Crippen molar-refractivity contribution in [1.82, 2.24) is 15.3 Å². The van der Waals surface area contributed by atoms with E-state index in [4.69, 9.17) is 10.7 Å². The molecule has 10 heteroatoms. The van der Waals surface area contributed by atoms with E-state index in [1.165, 1.54) is 0 Å². The van der Waals surface area contributed by atoms with Gasteiger partial charge in [-0.2, -0.15) is 4.98 Å². The number of nitrogens with one attached hydrogen (secondary N) is 2. The molecule has 2 aliphatic rings. The third-order valence-corrected chi connectivity index (χ3v) is 6.21. The smallest absolute Gasteiger partial charge is 0.410 e. The molecule has 34 heavy (non-hydrogen) atoms. The Hall–Kier alpha value is -2.85. The minimum Gasteiger partial charge on any atom is -0.410 e. The summed E-state index contributed by atoms with van der Waals surface area (Å²) in [5.41, 5.74) is 7.16. The van der Waals surface area contributed by atoms with E-state index >= 15 is 0 Å². The lowest BCUT2D eigenvalue weighted by molar-refractivity contribution is -0.307. The standard InChI is InChI=1S/C24H31F3N6O/c1-33(2)22-19-5-3-4-6-20(19)31-23(32-22)30-18-11-9-17(10-12-18)29-14-15-7-8-16(28)13-21(15)34-24(25,26)27/h3-8,16-18,29H,9-14,28H2,1-2H3,(H,30,31,32). The minimum atomic E-state index is -4.72. The molecule has 0 radical (unpaired) electrons. The lowest BCUT2D eigenvalue weighted by atomic mass is 9.91. The maximum absolute atomic E-state index is 12.8. The number of fused-ring (bicyclic) bond motifs is 1. The van der Waals surface area contributed by atoms with Crippen LogP contribution in [-0.2, 0) is 4.74 Å². The SMILES string of the molecule is CN(C)c1nc(NC2CCC(NCC3=C(OC(F)(F)F)CC(N)C=C3)CC2)nc2ccccc12. The van der Waals surface area contributed by atoms with Crippen LogP contribution in [0.25, 0.3) is 10.9 Å². The van der Waals surface area contributed by atoms with Gasteiger partial charge in [0.25, 0.3) is 0 Å². The van der Waals surface area contributed by atoms with E-state index in [0.29, 0.717) is 18.1 Å². The Labute approximate surface area is 197 Å². The van der Waals surface area contributed by atoms with Crippen LogP contribution in [0.3, 0.4) is 0 Å². The van der Waals surface area contributed by atoms with Gasteiger partial charge in [-0.1, -0.05) is 24.3 Å². The van der Waals surface area contributed by atoms with Crippen molar-refractivity contribution in [2.75, 3.05) is 30.9 Å². The molecule has 2 aliphatic carbocycles. The average molecular weight is 477 g/mol. The number of nitrogens with two attached hydrogens (primary N) is 1. The summed E-state index contributed by atoms with van der Waals surface area (Å²) in [6, 6.07) is 7.93. The Bertz CT molecular complexity index is 1060. The van der Waals surface area contributed by atoms with Crippen molar-refractivity contribution in [2.45, 2.75) is 56.6 Å². The van der Waals surface area contributed by atoms with E-state index in [1.807, 2.05) is 43.3 Å². The molecule has 1 atom stereocenters. The first-order valence-corrected chi connectivity index (χ1v) is 11.5. The summed E-state index contributed by atoms with van der Waals surface area (Å²) in [6.07, 6.45) is 2.31. The van der Waals surface area contributed by atoms with Crippen LogP contribution in [0.1, 0.15) is 32.1 Å². The molecular formula is C24H31F3N6O. The predicted molar refractivity (Wildman–Crippen MR) is 127 cm³/mol. The maximum atomic E-state index is 12.8. The van der Waals surface area contributed by atoms with Gasteiger partial charge in [0.2, 0.25) is 5.95 Å². The van der Waals surface area contributed by atoms with Crippen molar-refractivity contribution in [2.24, 2.45) is 5.73 Å². The molecule has 7 nitrogen and oxygen atoms in total. The van der Waals surface area contributed by atoms with Crippen molar-refractivity contribution in [3.63, 3.8) is 0 Å². The zero-order chi connectivity index (χ0) is 24.3. The fourth-order valence-electron chi connectivity index (χ4n) is 4.49. The number of para-hydroxylation sites is 1. The van der Waals surface area contributed by atoms with E-state index in [-0.39, 0.29) is 24.3 Å². The second-order valence-electron chi connectivity index (χ2n) is 9.08. The van der Waals surface area contributed by atoms with Crippen LogP contribution >= 0.6 is 0 Å². The number of hydrogen-bond acceptors (Lipinski definition) is 7. The first kappa shape index (κ1) is 24.3.